The van der Waals surface area contributed by atoms with Gasteiger partial charge in [-0.25, -0.2) is 9.59 Å². The zero-order chi connectivity index (χ0) is 13.0. The number of alkyl halides is 2. The standard InChI is InChI=1S/C6H6F2O7S/c1-2-4(9)14-3-15-5(10)6(7,8)16(11,12)13/h2H,1,3H2,(H,11,12,13). The average molecular weight is 260 g/mol. The molecule has 0 aliphatic carbocycles. The molecule has 0 atom stereocenters. The minimum atomic E-state index is -5.93. The van der Waals surface area contributed by atoms with E-state index in [1.807, 2.05) is 0 Å². The van der Waals surface area contributed by atoms with Gasteiger partial charge in [-0.3, -0.25) is 4.55 Å². The van der Waals surface area contributed by atoms with Crippen LogP contribution in [0.3, 0.4) is 0 Å². The van der Waals surface area contributed by atoms with E-state index in [9.17, 15) is 26.8 Å². The number of carbonyl (C=O) groups is 2. The molecular weight excluding hydrogens is 254 g/mol. The quantitative estimate of drug-likeness (QED) is 0.313. The Kier molecular flexibility index (Phi) is 4.50. The van der Waals surface area contributed by atoms with E-state index >= 15 is 0 Å². The molecule has 0 rings (SSSR count). The maximum Gasteiger partial charge on any atom is 0.465 e. The molecule has 7 nitrogen and oxygen atoms in total. The molecule has 0 fully saturated rings. The zero-order valence-corrected chi connectivity index (χ0v) is 8.37. The van der Waals surface area contributed by atoms with Crippen LogP contribution in [0.15, 0.2) is 12.7 Å². The molecule has 0 heterocycles. The van der Waals surface area contributed by atoms with Crippen molar-refractivity contribution in [3.8, 4) is 0 Å². The highest BCUT2D eigenvalue weighted by atomic mass is 32.2. The number of rotatable bonds is 5. The van der Waals surface area contributed by atoms with E-state index in [1.54, 1.807) is 0 Å². The Morgan fingerprint density at radius 2 is 1.88 bits per heavy atom. The van der Waals surface area contributed by atoms with E-state index in [1.165, 1.54) is 0 Å². The van der Waals surface area contributed by atoms with Crippen LogP contribution < -0.4 is 0 Å². The average Bonchev–Trinajstić information content (AvgIpc) is 2.15. The Labute approximate surface area is 88.4 Å². The summed E-state index contributed by atoms with van der Waals surface area (Å²) in [4.78, 5) is 20.8. The molecule has 0 aromatic carbocycles. The molecule has 0 saturated carbocycles. The van der Waals surface area contributed by atoms with Gasteiger partial charge in [-0.15, -0.1) is 0 Å². The SMILES string of the molecule is C=CC(=O)OCOC(=O)C(F)(F)S(=O)(=O)O. The van der Waals surface area contributed by atoms with E-state index in [-0.39, 0.29) is 0 Å². The molecule has 0 spiro atoms. The first-order valence-electron chi connectivity index (χ1n) is 3.44. The summed E-state index contributed by atoms with van der Waals surface area (Å²) in [5, 5.41) is -5.12. The molecule has 16 heavy (non-hydrogen) atoms. The maximum atomic E-state index is 12.5. The Bertz CT molecular complexity index is 399. The number of carbonyl (C=O) groups excluding carboxylic acids is 2. The molecule has 10 heteroatoms. The van der Waals surface area contributed by atoms with E-state index in [0.29, 0.717) is 6.08 Å². The number of hydrogen-bond acceptors (Lipinski definition) is 6. The van der Waals surface area contributed by atoms with Crippen LogP contribution in [0.2, 0.25) is 0 Å². The van der Waals surface area contributed by atoms with Crippen molar-refractivity contribution in [1.29, 1.82) is 0 Å². The van der Waals surface area contributed by atoms with Crippen LogP contribution in [-0.4, -0.2) is 37.0 Å². The van der Waals surface area contributed by atoms with Gasteiger partial charge in [-0.1, -0.05) is 6.58 Å². The summed E-state index contributed by atoms with van der Waals surface area (Å²) in [6.45, 7) is 1.72. The van der Waals surface area contributed by atoms with Gasteiger partial charge in [0.25, 0.3) is 0 Å². The summed E-state index contributed by atoms with van der Waals surface area (Å²) in [5.41, 5.74) is 0. The van der Waals surface area contributed by atoms with Crippen molar-refractivity contribution in [3.63, 3.8) is 0 Å². The molecule has 0 bridgehead atoms. The Hall–Kier alpha value is -1.55. The van der Waals surface area contributed by atoms with E-state index in [2.05, 4.69) is 16.1 Å². The number of esters is 2. The summed E-state index contributed by atoms with van der Waals surface area (Å²) in [6.07, 6.45) is 0.661. The summed E-state index contributed by atoms with van der Waals surface area (Å²) < 4.78 is 60.5. The van der Waals surface area contributed by atoms with Crippen molar-refractivity contribution in [2.24, 2.45) is 0 Å². The second-order valence-electron chi connectivity index (χ2n) is 2.21. The van der Waals surface area contributed by atoms with Crippen LogP contribution in [0.5, 0.6) is 0 Å². The molecular formula is C6H6F2O7S. The van der Waals surface area contributed by atoms with Gasteiger partial charge in [-0.05, 0) is 0 Å². The second-order valence-corrected chi connectivity index (χ2v) is 3.67. The van der Waals surface area contributed by atoms with Crippen molar-refractivity contribution in [2.75, 3.05) is 6.79 Å². The highest BCUT2D eigenvalue weighted by molar-refractivity contribution is 7.87. The minimum Gasteiger partial charge on any atom is -0.425 e. The first kappa shape index (κ1) is 14.5. The van der Waals surface area contributed by atoms with Crippen molar-refractivity contribution in [1.82, 2.24) is 0 Å². The van der Waals surface area contributed by atoms with Gasteiger partial charge < -0.3 is 9.47 Å². The third-order valence-corrected chi connectivity index (χ3v) is 1.93. The van der Waals surface area contributed by atoms with Crippen LogP contribution in [0.4, 0.5) is 8.78 Å². The summed E-state index contributed by atoms with van der Waals surface area (Å²) in [5.74, 6) is -3.63. The van der Waals surface area contributed by atoms with Crippen molar-refractivity contribution >= 4 is 22.1 Å². The van der Waals surface area contributed by atoms with Gasteiger partial charge in [0.1, 0.15) is 0 Å². The lowest BCUT2D eigenvalue weighted by Gasteiger charge is -2.11. The summed E-state index contributed by atoms with van der Waals surface area (Å²) >= 11 is 0. The van der Waals surface area contributed by atoms with Crippen LogP contribution in [0.1, 0.15) is 0 Å². The lowest BCUT2D eigenvalue weighted by molar-refractivity contribution is -0.176. The van der Waals surface area contributed by atoms with Crippen LogP contribution in [0, 0.1) is 0 Å². The third-order valence-electron chi connectivity index (χ3n) is 1.12. The first-order valence-corrected chi connectivity index (χ1v) is 4.88. The molecule has 92 valence electrons. The second kappa shape index (κ2) is 4.99. The fourth-order valence-electron chi connectivity index (χ4n) is 0.389. The van der Waals surface area contributed by atoms with E-state index < -0.39 is 34.1 Å². The predicted molar refractivity (Wildman–Crippen MR) is 43.7 cm³/mol. The van der Waals surface area contributed by atoms with Crippen LogP contribution >= 0.6 is 0 Å². The van der Waals surface area contributed by atoms with Crippen LogP contribution in [0.25, 0.3) is 0 Å². The van der Waals surface area contributed by atoms with Gasteiger partial charge in [0.15, 0.2) is 0 Å². The number of hydrogen-bond donors (Lipinski definition) is 1. The number of ether oxygens (including phenoxy) is 2. The monoisotopic (exact) mass is 260 g/mol. The highest BCUT2D eigenvalue weighted by Crippen LogP contribution is 2.21. The van der Waals surface area contributed by atoms with Gasteiger partial charge in [0.2, 0.25) is 6.79 Å². The Balaban J connectivity index is 4.39. The normalized spacial score (nSPS) is 11.7. The molecule has 0 aliphatic heterocycles. The molecule has 0 radical (unpaired) electrons. The summed E-state index contributed by atoms with van der Waals surface area (Å²) in [7, 11) is -5.93. The lowest BCUT2D eigenvalue weighted by atomic mass is 10.7. The van der Waals surface area contributed by atoms with E-state index in [4.69, 9.17) is 4.55 Å². The maximum absolute atomic E-state index is 12.5. The molecule has 1 N–H and O–H groups in total. The minimum absolute atomic E-state index is 0.661. The van der Waals surface area contributed by atoms with E-state index in [0.717, 1.165) is 0 Å². The van der Waals surface area contributed by atoms with Gasteiger partial charge in [0.05, 0.1) is 0 Å². The Morgan fingerprint density at radius 3 is 2.25 bits per heavy atom. The smallest absolute Gasteiger partial charge is 0.425 e. The fourth-order valence-corrected chi connectivity index (χ4v) is 0.659. The number of halogens is 2. The molecule has 0 aromatic rings. The zero-order valence-electron chi connectivity index (χ0n) is 7.55. The van der Waals surface area contributed by atoms with Gasteiger partial charge >= 0.3 is 27.3 Å². The highest BCUT2D eigenvalue weighted by Gasteiger charge is 2.54. The molecule has 0 amide bonds. The lowest BCUT2D eigenvalue weighted by Crippen LogP contribution is -2.39. The van der Waals surface area contributed by atoms with Crippen molar-refractivity contribution < 1.29 is 40.8 Å². The third kappa shape index (κ3) is 3.55. The van der Waals surface area contributed by atoms with Crippen LogP contribution in [-0.2, 0) is 29.2 Å². The summed E-state index contributed by atoms with van der Waals surface area (Å²) in [6, 6.07) is 0. The van der Waals surface area contributed by atoms with Gasteiger partial charge in [-0.2, -0.15) is 17.2 Å². The fraction of sp³-hybridized carbons (Fsp3) is 0.333. The van der Waals surface area contributed by atoms with Crippen molar-refractivity contribution in [3.05, 3.63) is 12.7 Å². The van der Waals surface area contributed by atoms with Crippen molar-refractivity contribution in [2.45, 2.75) is 5.25 Å². The van der Waals surface area contributed by atoms with Gasteiger partial charge in [0, 0.05) is 6.08 Å². The molecule has 0 saturated heterocycles. The topological polar surface area (TPSA) is 107 Å². The molecule has 0 aliphatic rings. The molecule has 0 unspecified atom stereocenters. The predicted octanol–water partition coefficient (Wildman–Crippen LogP) is -0.303. The largest absolute Gasteiger partial charge is 0.465 e. The first-order chi connectivity index (χ1) is 7.13. The molecule has 0 aromatic heterocycles. The Morgan fingerprint density at radius 1 is 1.38 bits per heavy atom.